The zero-order chi connectivity index (χ0) is 35.6. The number of fused-ring (bicyclic) bond motifs is 12. The third kappa shape index (κ3) is 4.33. The average molecular weight is 686 g/mol. The molecule has 0 aromatic heterocycles. The zero-order valence-corrected chi connectivity index (χ0v) is 29.7. The highest BCUT2D eigenvalue weighted by atomic mass is 15.1. The molecule has 0 radical (unpaired) electrons. The molecule has 1 unspecified atom stereocenters. The molecule has 0 bridgehead atoms. The highest BCUT2D eigenvalue weighted by Gasteiger charge is 2.52. The molecule has 1 atom stereocenters. The van der Waals surface area contributed by atoms with Crippen molar-refractivity contribution >= 4 is 27.8 Å². The summed E-state index contributed by atoms with van der Waals surface area (Å²) in [5.74, 6) is 0. The van der Waals surface area contributed by atoms with Crippen LogP contribution in [0.2, 0.25) is 0 Å². The predicted octanol–water partition coefficient (Wildman–Crippen LogP) is 14.0. The lowest BCUT2D eigenvalue weighted by atomic mass is 9.70. The van der Waals surface area contributed by atoms with E-state index in [4.69, 9.17) is 0 Å². The van der Waals surface area contributed by atoms with E-state index in [0.29, 0.717) is 0 Å². The van der Waals surface area contributed by atoms with Gasteiger partial charge in [-0.2, -0.15) is 0 Å². The fraction of sp³-hybridized carbons (Fsp3) is 0.0189. The van der Waals surface area contributed by atoms with Gasteiger partial charge in [0.2, 0.25) is 0 Å². The van der Waals surface area contributed by atoms with Gasteiger partial charge >= 0.3 is 0 Å². The number of hydrogen-bond acceptors (Lipinski definition) is 1. The van der Waals surface area contributed by atoms with Crippen molar-refractivity contribution in [3.05, 3.63) is 235 Å². The van der Waals surface area contributed by atoms with Crippen LogP contribution in [-0.2, 0) is 5.41 Å². The topological polar surface area (TPSA) is 3.24 Å². The van der Waals surface area contributed by atoms with Crippen LogP contribution in [0.15, 0.2) is 212 Å². The molecule has 9 aromatic carbocycles. The van der Waals surface area contributed by atoms with Gasteiger partial charge in [0.1, 0.15) is 0 Å². The second-order valence-electron chi connectivity index (χ2n) is 14.4. The van der Waals surface area contributed by atoms with Gasteiger partial charge in [-0.3, -0.25) is 0 Å². The Hall–Kier alpha value is -6.96. The molecular weight excluding hydrogens is 651 g/mol. The first kappa shape index (κ1) is 30.6. The van der Waals surface area contributed by atoms with Crippen LogP contribution in [0.4, 0.5) is 17.1 Å². The molecule has 0 aliphatic heterocycles. The minimum Gasteiger partial charge on any atom is -0.310 e. The Labute approximate surface area is 316 Å². The van der Waals surface area contributed by atoms with Gasteiger partial charge in [0.05, 0.1) is 5.41 Å². The third-order valence-electron chi connectivity index (χ3n) is 11.7. The zero-order valence-electron chi connectivity index (χ0n) is 29.7. The molecule has 0 saturated carbocycles. The Morgan fingerprint density at radius 1 is 0.296 bits per heavy atom. The number of anilines is 3. The van der Waals surface area contributed by atoms with Crippen LogP contribution in [-0.4, -0.2) is 0 Å². The van der Waals surface area contributed by atoms with Crippen molar-refractivity contribution in [2.75, 3.05) is 4.90 Å². The van der Waals surface area contributed by atoms with E-state index in [1.165, 1.54) is 77.5 Å². The lowest BCUT2D eigenvalue weighted by molar-refractivity contribution is 0.794. The molecule has 1 nitrogen and oxygen atoms in total. The van der Waals surface area contributed by atoms with Crippen LogP contribution < -0.4 is 4.90 Å². The highest BCUT2D eigenvalue weighted by molar-refractivity contribution is 6.08. The van der Waals surface area contributed by atoms with Crippen molar-refractivity contribution in [3.8, 4) is 44.5 Å². The van der Waals surface area contributed by atoms with E-state index in [9.17, 15) is 0 Å². The van der Waals surface area contributed by atoms with Crippen LogP contribution in [0.3, 0.4) is 0 Å². The fourth-order valence-electron chi connectivity index (χ4n) is 9.56. The van der Waals surface area contributed by atoms with E-state index in [1.807, 2.05) is 0 Å². The van der Waals surface area contributed by atoms with Crippen LogP contribution in [0.5, 0.6) is 0 Å². The number of benzene rings is 9. The monoisotopic (exact) mass is 685 g/mol. The van der Waals surface area contributed by atoms with Gasteiger partial charge in [0, 0.05) is 17.1 Å². The molecule has 0 saturated heterocycles. The number of nitrogens with zero attached hydrogens (tertiary/aromatic N) is 1. The first-order chi connectivity index (χ1) is 26.8. The lowest BCUT2D eigenvalue weighted by Gasteiger charge is -2.30. The molecule has 54 heavy (non-hydrogen) atoms. The van der Waals surface area contributed by atoms with E-state index in [2.05, 4.69) is 217 Å². The average Bonchev–Trinajstić information content (AvgIpc) is 3.73. The maximum atomic E-state index is 2.40. The molecule has 252 valence electrons. The van der Waals surface area contributed by atoms with Crippen molar-refractivity contribution in [3.63, 3.8) is 0 Å². The molecule has 2 aliphatic rings. The van der Waals surface area contributed by atoms with E-state index < -0.39 is 5.41 Å². The Morgan fingerprint density at radius 3 is 1.52 bits per heavy atom. The van der Waals surface area contributed by atoms with Crippen molar-refractivity contribution in [2.45, 2.75) is 5.41 Å². The fourth-order valence-corrected chi connectivity index (χ4v) is 9.56. The van der Waals surface area contributed by atoms with E-state index in [-0.39, 0.29) is 0 Å². The molecule has 0 N–H and O–H groups in total. The second-order valence-corrected chi connectivity index (χ2v) is 14.4. The van der Waals surface area contributed by atoms with Gasteiger partial charge in [0.25, 0.3) is 0 Å². The van der Waals surface area contributed by atoms with Gasteiger partial charge < -0.3 is 4.90 Å². The number of hydrogen-bond donors (Lipinski definition) is 0. The first-order valence-corrected chi connectivity index (χ1v) is 18.8. The normalized spacial score (nSPS) is 14.7. The van der Waals surface area contributed by atoms with Gasteiger partial charge in [-0.1, -0.05) is 176 Å². The molecule has 1 spiro atoms. The number of rotatable bonds is 5. The molecular formula is C53H35N. The van der Waals surface area contributed by atoms with Crippen molar-refractivity contribution in [2.24, 2.45) is 0 Å². The van der Waals surface area contributed by atoms with Crippen molar-refractivity contribution in [1.82, 2.24) is 0 Å². The smallest absolute Gasteiger partial charge is 0.0725 e. The summed E-state index contributed by atoms with van der Waals surface area (Å²) in [6.07, 6.45) is 0. The van der Waals surface area contributed by atoms with E-state index in [0.717, 1.165) is 17.1 Å². The second kappa shape index (κ2) is 12.0. The molecule has 2 aliphatic carbocycles. The molecule has 0 fully saturated rings. The summed E-state index contributed by atoms with van der Waals surface area (Å²) >= 11 is 0. The highest BCUT2D eigenvalue weighted by Crippen LogP contribution is 2.65. The van der Waals surface area contributed by atoms with Gasteiger partial charge in [-0.05, 0) is 114 Å². The maximum absolute atomic E-state index is 2.40. The van der Waals surface area contributed by atoms with Crippen molar-refractivity contribution in [1.29, 1.82) is 0 Å². The number of para-hydroxylation sites is 2. The minimum atomic E-state index is -0.418. The quantitative estimate of drug-likeness (QED) is 0.174. The summed E-state index contributed by atoms with van der Waals surface area (Å²) < 4.78 is 0. The van der Waals surface area contributed by atoms with E-state index >= 15 is 0 Å². The Bertz CT molecular complexity index is 2850. The molecule has 0 amide bonds. The van der Waals surface area contributed by atoms with Crippen LogP contribution in [0.1, 0.15) is 22.3 Å². The predicted molar refractivity (Wildman–Crippen MR) is 226 cm³/mol. The van der Waals surface area contributed by atoms with Crippen LogP contribution in [0, 0.1) is 0 Å². The summed E-state index contributed by atoms with van der Waals surface area (Å²) in [6, 6.07) is 78.1. The summed E-state index contributed by atoms with van der Waals surface area (Å²) in [6.45, 7) is 0. The molecule has 0 heterocycles. The van der Waals surface area contributed by atoms with Gasteiger partial charge in [0.15, 0.2) is 0 Å². The maximum Gasteiger partial charge on any atom is 0.0725 e. The van der Waals surface area contributed by atoms with Crippen LogP contribution >= 0.6 is 0 Å². The lowest BCUT2D eigenvalue weighted by Crippen LogP contribution is -2.25. The summed E-state index contributed by atoms with van der Waals surface area (Å²) in [5, 5.41) is 2.59. The Balaban J connectivity index is 1.14. The summed E-state index contributed by atoms with van der Waals surface area (Å²) in [7, 11) is 0. The van der Waals surface area contributed by atoms with Crippen LogP contribution in [0.25, 0.3) is 55.3 Å². The standard InChI is InChI=1S/C53H35N/c1-3-19-38(20-4-1)54(39-21-5-2-6-22-39)40-23-15-18-37(35-40)41-24-9-10-26-43(41)44-29-16-32-49-52(44)46-28-12-14-31-48(46)53(49)47-30-13-11-27-45(47)51-42-25-8-7-17-36(42)33-34-50(51)53/h1-35H. The van der Waals surface area contributed by atoms with Gasteiger partial charge in [-0.25, -0.2) is 0 Å². The van der Waals surface area contributed by atoms with Crippen molar-refractivity contribution < 1.29 is 0 Å². The largest absolute Gasteiger partial charge is 0.310 e. The molecule has 11 rings (SSSR count). The SMILES string of the molecule is c1ccc(N(c2ccccc2)c2cccc(-c3ccccc3-c3cccc4c3-c3ccccc3C43c4ccccc4-c4c3ccc3ccccc43)c2)cc1. The summed E-state index contributed by atoms with van der Waals surface area (Å²) in [5.41, 5.74) is 18.6. The summed E-state index contributed by atoms with van der Waals surface area (Å²) in [4.78, 5) is 2.34. The Morgan fingerprint density at radius 2 is 0.796 bits per heavy atom. The first-order valence-electron chi connectivity index (χ1n) is 18.8. The Kier molecular flexibility index (Phi) is 6.84. The molecule has 1 heteroatoms. The van der Waals surface area contributed by atoms with E-state index in [1.54, 1.807) is 0 Å². The third-order valence-corrected chi connectivity index (χ3v) is 11.7. The minimum absolute atomic E-state index is 0.418. The molecule has 9 aromatic rings. The van der Waals surface area contributed by atoms with Gasteiger partial charge in [-0.15, -0.1) is 0 Å².